The Hall–Kier alpha value is -1.97. The van der Waals surface area contributed by atoms with Crippen LogP contribution in [0.4, 0.5) is 5.69 Å². The summed E-state index contributed by atoms with van der Waals surface area (Å²) in [5.74, 6) is 0. The molecule has 0 saturated carbocycles. The Bertz CT molecular complexity index is 436. The van der Waals surface area contributed by atoms with Crippen LogP contribution in [-0.2, 0) is 0 Å². The van der Waals surface area contributed by atoms with E-state index in [1.165, 1.54) is 12.1 Å². The van der Waals surface area contributed by atoms with Gasteiger partial charge in [0.2, 0.25) is 0 Å². The standard InChI is InChI=1S/C12H16N4O2/c1-15(2)8-7-14-12(9-13)10-3-5-11(6-4-10)16(17)18/h3-6,12,14H,7-8H2,1-2H3. The Morgan fingerprint density at radius 3 is 2.50 bits per heavy atom. The smallest absolute Gasteiger partial charge is 0.269 e. The monoisotopic (exact) mass is 248 g/mol. The molecule has 0 heterocycles. The molecule has 6 heteroatoms. The van der Waals surface area contributed by atoms with Crippen molar-refractivity contribution in [1.29, 1.82) is 5.26 Å². The first-order valence-corrected chi connectivity index (χ1v) is 5.56. The summed E-state index contributed by atoms with van der Waals surface area (Å²) in [5.41, 5.74) is 0.769. The minimum absolute atomic E-state index is 0.0312. The predicted octanol–water partition coefficient (Wildman–Crippen LogP) is 1.31. The van der Waals surface area contributed by atoms with Gasteiger partial charge in [-0.2, -0.15) is 5.26 Å². The maximum Gasteiger partial charge on any atom is 0.269 e. The van der Waals surface area contributed by atoms with Gasteiger partial charge in [-0.15, -0.1) is 0 Å². The molecular formula is C12H16N4O2. The molecule has 0 bridgehead atoms. The molecule has 0 amide bonds. The van der Waals surface area contributed by atoms with Crippen molar-refractivity contribution in [3.63, 3.8) is 0 Å². The number of likely N-dealkylation sites (N-methyl/N-ethyl adjacent to an activating group) is 1. The van der Waals surface area contributed by atoms with Crippen LogP contribution in [0.5, 0.6) is 0 Å². The number of hydrogen-bond acceptors (Lipinski definition) is 5. The van der Waals surface area contributed by atoms with Gasteiger partial charge in [0, 0.05) is 25.2 Å². The SMILES string of the molecule is CN(C)CCNC(C#N)c1ccc([N+](=O)[O-])cc1. The Morgan fingerprint density at radius 1 is 1.44 bits per heavy atom. The van der Waals surface area contributed by atoms with E-state index in [-0.39, 0.29) is 5.69 Å². The number of rotatable bonds is 6. The molecule has 18 heavy (non-hydrogen) atoms. The Labute approximate surface area is 106 Å². The fourth-order valence-corrected chi connectivity index (χ4v) is 1.46. The van der Waals surface area contributed by atoms with Crippen LogP contribution >= 0.6 is 0 Å². The molecule has 1 unspecified atom stereocenters. The summed E-state index contributed by atoms with van der Waals surface area (Å²) in [7, 11) is 3.91. The number of nitro benzene ring substituents is 1. The molecule has 0 radical (unpaired) electrons. The maximum atomic E-state index is 10.5. The van der Waals surface area contributed by atoms with Gasteiger partial charge in [0.25, 0.3) is 5.69 Å². The molecule has 0 aliphatic carbocycles. The Kier molecular flexibility index (Phi) is 5.24. The predicted molar refractivity (Wildman–Crippen MR) is 68.0 cm³/mol. The van der Waals surface area contributed by atoms with Crippen LogP contribution in [0.15, 0.2) is 24.3 Å². The van der Waals surface area contributed by atoms with Crippen molar-refractivity contribution in [2.24, 2.45) is 0 Å². The van der Waals surface area contributed by atoms with Gasteiger partial charge in [0.05, 0.1) is 11.0 Å². The highest BCUT2D eigenvalue weighted by molar-refractivity contribution is 5.35. The van der Waals surface area contributed by atoms with E-state index >= 15 is 0 Å². The number of hydrogen-bond donors (Lipinski definition) is 1. The van der Waals surface area contributed by atoms with Crippen molar-refractivity contribution in [3.05, 3.63) is 39.9 Å². The topological polar surface area (TPSA) is 82.2 Å². The lowest BCUT2D eigenvalue weighted by atomic mass is 10.1. The van der Waals surface area contributed by atoms with E-state index in [0.29, 0.717) is 6.54 Å². The molecule has 1 aromatic rings. The third kappa shape index (κ3) is 4.13. The van der Waals surface area contributed by atoms with Crippen molar-refractivity contribution in [2.75, 3.05) is 27.2 Å². The van der Waals surface area contributed by atoms with E-state index in [1.807, 2.05) is 19.0 Å². The van der Waals surface area contributed by atoms with Crippen LogP contribution < -0.4 is 5.32 Å². The molecule has 0 aromatic heterocycles. The summed E-state index contributed by atoms with van der Waals surface area (Å²) in [4.78, 5) is 12.1. The zero-order valence-corrected chi connectivity index (χ0v) is 10.5. The van der Waals surface area contributed by atoms with Crippen LogP contribution in [0.25, 0.3) is 0 Å². The molecule has 0 saturated heterocycles. The van der Waals surface area contributed by atoms with Gasteiger partial charge in [-0.05, 0) is 31.8 Å². The van der Waals surface area contributed by atoms with Crippen molar-refractivity contribution < 1.29 is 4.92 Å². The quantitative estimate of drug-likeness (QED) is 0.606. The van der Waals surface area contributed by atoms with Gasteiger partial charge >= 0.3 is 0 Å². The lowest BCUT2D eigenvalue weighted by Crippen LogP contribution is -2.29. The van der Waals surface area contributed by atoms with Crippen molar-refractivity contribution in [2.45, 2.75) is 6.04 Å². The number of non-ortho nitro benzene ring substituents is 1. The first-order valence-electron chi connectivity index (χ1n) is 5.56. The second-order valence-electron chi connectivity index (χ2n) is 4.17. The van der Waals surface area contributed by atoms with Crippen LogP contribution in [0, 0.1) is 21.4 Å². The summed E-state index contributed by atoms with van der Waals surface area (Å²) in [6, 6.07) is 7.73. The van der Waals surface area contributed by atoms with E-state index in [4.69, 9.17) is 5.26 Å². The number of nitrogens with zero attached hydrogens (tertiary/aromatic N) is 3. The molecule has 0 aliphatic heterocycles. The van der Waals surface area contributed by atoms with Crippen LogP contribution in [0.3, 0.4) is 0 Å². The van der Waals surface area contributed by atoms with E-state index < -0.39 is 11.0 Å². The van der Waals surface area contributed by atoms with Crippen LogP contribution in [0.2, 0.25) is 0 Å². The van der Waals surface area contributed by atoms with Crippen LogP contribution in [0.1, 0.15) is 11.6 Å². The number of benzene rings is 1. The maximum absolute atomic E-state index is 10.5. The van der Waals surface area contributed by atoms with Gasteiger partial charge in [0.1, 0.15) is 6.04 Å². The average Bonchev–Trinajstić information content (AvgIpc) is 2.34. The largest absolute Gasteiger partial charge is 0.308 e. The molecule has 96 valence electrons. The molecule has 1 aromatic carbocycles. The lowest BCUT2D eigenvalue weighted by Gasteiger charge is -2.14. The van der Waals surface area contributed by atoms with Crippen molar-refractivity contribution in [3.8, 4) is 6.07 Å². The highest BCUT2D eigenvalue weighted by atomic mass is 16.6. The van der Waals surface area contributed by atoms with E-state index in [0.717, 1.165) is 12.1 Å². The third-order valence-electron chi connectivity index (χ3n) is 2.47. The first-order chi connectivity index (χ1) is 8.54. The van der Waals surface area contributed by atoms with E-state index in [1.54, 1.807) is 12.1 Å². The fourth-order valence-electron chi connectivity index (χ4n) is 1.46. The number of nitrogens with one attached hydrogen (secondary N) is 1. The zero-order chi connectivity index (χ0) is 13.5. The summed E-state index contributed by atoms with van der Waals surface area (Å²) in [5, 5.41) is 22.7. The zero-order valence-electron chi connectivity index (χ0n) is 10.5. The average molecular weight is 248 g/mol. The van der Waals surface area contributed by atoms with Gasteiger partial charge in [-0.3, -0.25) is 15.4 Å². The summed E-state index contributed by atoms with van der Waals surface area (Å²) in [6.45, 7) is 1.51. The van der Waals surface area contributed by atoms with Crippen LogP contribution in [-0.4, -0.2) is 37.0 Å². The lowest BCUT2D eigenvalue weighted by molar-refractivity contribution is -0.384. The molecule has 0 spiro atoms. The molecule has 1 rings (SSSR count). The minimum Gasteiger partial charge on any atom is -0.308 e. The Balaban J connectivity index is 2.65. The van der Waals surface area contributed by atoms with E-state index in [9.17, 15) is 10.1 Å². The van der Waals surface area contributed by atoms with Gasteiger partial charge in [-0.1, -0.05) is 0 Å². The Morgan fingerprint density at radius 2 is 2.06 bits per heavy atom. The molecular weight excluding hydrogens is 232 g/mol. The highest BCUT2D eigenvalue weighted by Gasteiger charge is 2.11. The fraction of sp³-hybridized carbons (Fsp3) is 0.417. The third-order valence-corrected chi connectivity index (χ3v) is 2.47. The van der Waals surface area contributed by atoms with E-state index in [2.05, 4.69) is 11.4 Å². The molecule has 1 atom stereocenters. The van der Waals surface area contributed by atoms with Gasteiger partial charge in [0.15, 0.2) is 0 Å². The molecule has 1 N–H and O–H groups in total. The number of nitro groups is 1. The van der Waals surface area contributed by atoms with Crippen molar-refractivity contribution in [1.82, 2.24) is 10.2 Å². The second kappa shape index (κ2) is 6.69. The summed E-state index contributed by atoms with van der Waals surface area (Å²) in [6.07, 6.45) is 0. The molecule has 0 fully saturated rings. The van der Waals surface area contributed by atoms with Gasteiger partial charge < -0.3 is 4.90 Å². The van der Waals surface area contributed by atoms with Crippen molar-refractivity contribution >= 4 is 5.69 Å². The highest BCUT2D eigenvalue weighted by Crippen LogP contribution is 2.17. The first kappa shape index (κ1) is 14.1. The normalized spacial score (nSPS) is 12.1. The number of nitriles is 1. The summed E-state index contributed by atoms with van der Waals surface area (Å²) < 4.78 is 0. The summed E-state index contributed by atoms with van der Waals surface area (Å²) >= 11 is 0. The van der Waals surface area contributed by atoms with Gasteiger partial charge in [-0.25, -0.2) is 0 Å². The minimum atomic E-state index is -0.454. The molecule has 0 aliphatic rings. The second-order valence-corrected chi connectivity index (χ2v) is 4.17. The molecule has 6 nitrogen and oxygen atoms in total.